The number of hydrogen-bond donors (Lipinski definition) is 0. The lowest BCUT2D eigenvalue weighted by molar-refractivity contribution is 1.08. The van der Waals surface area contributed by atoms with Crippen molar-refractivity contribution in [2.75, 3.05) is 0 Å². The largest absolute Gasteiger partial charge is 0.292 e. The SMILES string of the molecule is c1ccc(-c2nc(-c3cccc(-c4cccc5c4sc4ccc(-c6nc7ccccc7n6-c6ccccc6)cc45)c3)nc(-c3cccc4sc5ccccc5c34)n2)cc1. The summed E-state index contributed by atoms with van der Waals surface area (Å²) in [7, 11) is 0. The first kappa shape index (κ1) is 33.8. The average molecular weight is 790 g/mol. The molecule has 0 amide bonds. The first-order chi connectivity index (χ1) is 29.2. The van der Waals surface area contributed by atoms with Crippen molar-refractivity contribution >= 4 is 74.1 Å². The summed E-state index contributed by atoms with van der Waals surface area (Å²) in [6.07, 6.45) is 0. The molecule has 5 nitrogen and oxygen atoms in total. The van der Waals surface area contributed by atoms with E-state index in [1.165, 1.54) is 45.9 Å². The van der Waals surface area contributed by atoms with E-state index in [0.717, 1.165) is 50.4 Å². The van der Waals surface area contributed by atoms with Gasteiger partial charge in [0.25, 0.3) is 0 Å². The van der Waals surface area contributed by atoms with E-state index >= 15 is 0 Å². The van der Waals surface area contributed by atoms with Crippen LogP contribution in [0.4, 0.5) is 0 Å². The van der Waals surface area contributed by atoms with Gasteiger partial charge in [-0.2, -0.15) is 0 Å². The maximum absolute atomic E-state index is 5.23. The summed E-state index contributed by atoms with van der Waals surface area (Å²) in [6.45, 7) is 0. The minimum Gasteiger partial charge on any atom is -0.292 e. The average Bonchev–Trinajstić information content (AvgIpc) is 4.01. The van der Waals surface area contributed by atoms with Gasteiger partial charge in [0.05, 0.1) is 11.0 Å². The fourth-order valence-corrected chi connectivity index (χ4v) is 10.7. The van der Waals surface area contributed by atoms with E-state index in [-0.39, 0.29) is 0 Å². The highest BCUT2D eigenvalue weighted by molar-refractivity contribution is 7.26. The zero-order valence-corrected chi connectivity index (χ0v) is 33.1. The third kappa shape index (κ3) is 5.66. The van der Waals surface area contributed by atoms with Gasteiger partial charge in [-0.1, -0.05) is 127 Å². The van der Waals surface area contributed by atoms with Crippen molar-refractivity contribution in [3.05, 3.63) is 188 Å². The molecule has 12 aromatic rings. The van der Waals surface area contributed by atoms with Crippen LogP contribution in [0.5, 0.6) is 0 Å². The molecule has 0 atom stereocenters. The number of nitrogens with zero attached hydrogens (tertiary/aromatic N) is 5. The molecule has 0 N–H and O–H groups in total. The predicted octanol–water partition coefficient (Wildman–Crippen LogP) is 14.3. The van der Waals surface area contributed by atoms with Gasteiger partial charge in [-0.25, -0.2) is 19.9 Å². The highest BCUT2D eigenvalue weighted by Crippen LogP contribution is 2.43. The van der Waals surface area contributed by atoms with Crippen molar-refractivity contribution in [3.8, 4) is 62.4 Å². The molecule has 0 bridgehead atoms. The van der Waals surface area contributed by atoms with Gasteiger partial charge in [-0.05, 0) is 71.8 Å². The summed E-state index contributed by atoms with van der Waals surface area (Å²) < 4.78 is 7.21. The molecule has 0 saturated heterocycles. The highest BCUT2D eigenvalue weighted by Gasteiger charge is 2.19. The van der Waals surface area contributed by atoms with Crippen molar-refractivity contribution in [1.82, 2.24) is 24.5 Å². The Labute approximate surface area is 347 Å². The molecule has 8 aromatic carbocycles. The predicted molar refractivity (Wildman–Crippen MR) is 247 cm³/mol. The lowest BCUT2D eigenvalue weighted by atomic mass is 10.00. The zero-order chi connectivity index (χ0) is 38.9. The topological polar surface area (TPSA) is 56.5 Å². The molecule has 0 fully saturated rings. The fraction of sp³-hybridized carbons (Fsp3) is 0. The quantitative estimate of drug-likeness (QED) is 0.168. The Hall–Kier alpha value is -7.32. The Morgan fingerprint density at radius 3 is 1.92 bits per heavy atom. The Bertz CT molecular complexity index is 3570. The molecule has 4 heterocycles. The first-order valence-corrected chi connectivity index (χ1v) is 21.2. The summed E-state index contributed by atoms with van der Waals surface area (Å²) >= 11 is 3.63. The number of para-hydroxylation sites is 3. The van der Waals surface area contributed by atoms with Crippen LogP contribution < -0.4 is 0 Å². The smallest absolute Gasteiger partial charge is 0.164 e. The molecule has 0 aliphatic heterocycles. The van der Waals surface area contributed by atoms with Gasteiger partial charge in [0, 0.05) is 68.3 Å². The standard InChI is InChI=1S/C52H31N5S2/c1-3-14-32(15-4-1)49-54-50(56-51(55-49)40-23-13-27-46-47(40)39-20-7-10-26-44(39)58-46)34-17-11-16-33(30-34)37-21-12-22-38-41-31-35(28-29-45(41)59-48(37)38)52-53-42-24-8-9-25-43(42)57(52)36-18-5-2-6-19-36/h1-31H. The lowest BCUT2D eigenvalue weighted by Crippen LogP contribution is -2.00. The Kier molecular flexibility index (Phi) is 7.82. The zero-order valence-electron chi connectivity index (χ0n) is 31.5. The maximum Gasteiger partial charge on any atom is 0.164 e. The molecule has 0 aliphatic carbocycles. The van der Waals surface area contributed by atoms with Crippen LogP contribution in [-0.4, -0.2) is 24.5 Å². The molecule has 276 valence electrons. The van der Waals surface area contributed by atoms with Crippen LogP contribution >= 0.6 is 22.7 Å². The van der Waals surface area contributed by atoms with Gasteiger partial charge in [-0.15, -0.1) is 22.7 Å². The molecule has 0 radical (unpaired) electrons. The van der Waals surface area contributed by atoms with E-state index in [2.05, 4.69) is 174 Å². The number of hydrogen-bond acceptors (Lipinski definition) is 6. The van der Waals surface area contributed by atoms with Crippen molar-refractivity contribution in [1.29, 1.82) is 0 Å². The number of benzene rings is 8. The van der Waals surface area contributed by atoms with Crippen LogP contribution in [0, 0.1) is 0 Å². The monoisotopic (exact) mass is 789 g/mol. The van der Waals surface area contributed by atoms with Crippen molar-refractivity contribution in [2.45, 2.75) is 0 Å². The van der Waals surface area contributed by atoms with Gasteiger partial charge < -0.3 is 0 Å². The summed E-state index contributed by atoms with van der Waals surface area (Å²) in [4.78, 5) is 20.6. The summed E-state index contributed by atoms with van der Waals surface area (Å²) in [5, 5.41) is 4.83. The van der Waals surface area contributed by atoms with Gasteiger partial charge in [-0.3, -0.25) is 4.57 Å². The van der Waals surface area contributed by atoms with E-state index in [0.29, 0.717) is 17.5 Å². The third-order valence-electron chi connectivity index (χ3n) is 11.1. The molecular weight excluding hydrogens is 759 g/mol. The van der Waals surface area contributed by atoms with Gasteiger partial charge in [0.1, 0.15) is 5.82 Å². The molecule has 12 rings (SSSR count). The van der Waals surface area contributed by atoms with Crippen LogP contribution in [0.1, 0.15) is 0 Å². The Morgan fingerprint density at radius 1 is 0.373 bits per heavy atom. The molecule has 0 spiro atoms. The number of fused-ring (bicyclic) bond motifs is 7. The van der Waals surface area contributed by atoms with Crippen LogP contribution in [-0.2, 0) is 0 Å². The summed E-state index contributed by atoms with van der Waals surface area (Å²) in [6, 6.07) is 66.1. The third-order valence-corrected chi connectivity index (χ3v) is 13.4. The second-order valence-electron chi connectivity index (χ2n) is 14.6. The van der Waals surface area contributed by atoms with E-state index < -0.39 is 0 Å². The van der Waals surface area contributed by atoms with Crippen molar-refractivity contribution in [2.24, 2.45) is 0 Å². The molecule has 59 heavy (non-hydrogen) atoms. The fourth-order valence-electron chi connectivity index (χ4n) is 8.35. The minimum absolute atomic E-state index is 0.640. The van der Waals surface area contributed by atoms with Crippen LogP contribution in [0.15, 0.2) is 188 Å². The number of thiophene rings is 2. The molecule has 4 aromatic heterocycles. The van der Waals surface area contributed by atoms with Gasteiger partial charge in [0.15, 0.2) is 17.5 Å². The van der Waals surface area contributed by atoms with Gasteiger partial charge >= 0.3 is 0 Å². The van der Waals surface area contributed by atoms with Gasteiger partial charge in [0.2, 0.25) is 0 Å². The highest BCUT2D eigenvalue weighted by atomic mass is 32.1. The number of rotatable bonds is 6. The molecule has 0 saturated carbocycles. The number of imidazole rings is 1. The van der Waals surface area contributed by atoms with E-state index in [1.807, 2.05) is 29.5 Å². The second-order valence-corrected chi connectivity index (χ2v) is 16.8. The normalized spacial score (nSPS) is 11.7. The maximum atomic E-state index is 5.23. The molecule has 0 aliphatic rings. The number of aromatic nitrogens is 5. The van der Waals surface area contributed by atoms with Crippen molar-refractivity contribution < 1.29 is 0 Å². The van der Waals surface area contributed by atoms with E-state index in [4.69, 9.17) is 19.9 Å². The van der Waals surface area contributed by atoms with E-state index in [9.17, 15) is 0 Å². The van der Waals surface area contributed by atoms with E-state index in [1.54, 1.807) is 11.3 Å². The van der Waals surface area contributed by atoms with Crippen molar-refractivity contribution in [3.63, 3.8) is 0 Å². The van der Waals surface area contributed by atoms with Crippen LogP contribution in [0.3, 0.4) is 0 Å². The molecular formula is C52H31N5S2. The minimum atomic E-state index is 0.640. The van der Waals surface area contributed by atoms with Crippen LogP contribution in [0.2, 0.25) is 0 Å². The summed E-state index contributed by atoms with van der Waals surface area (Å²) in [5.74, 6) is 2.88. The lowest BCUT2D eigenvalue weighted by Gasteiger charge is -2.11. The second kappa shape index (κ2) is 13.7. The molecule has 7 heteroatoms. The Morgan fingerprint density at radius 2 is 1.02 bits per heavy atom. The summed E-state index contributed by atoms with van der Waals surface area (Å²) in [5.41, 5.74) is 9.41. The first-order valence-electron chi connectivity index (χ1n) is 19.5. The molecule has 0 unspecified atom stereocenters. The Balaban J connectivity index is 0.995. The van der Waals surface area contributed by atoms with Crippen LogP contribution in [0.25, 0.3) is 114 Å².